The van der Waals surface area contributed by atoms with Crippen molar-refractivity contribution in [3.8, 4) is 0 Å². The fraction of sp³-hybridized carbons (Fsp3) is 0.353. The van der Waals surface area contributed by atoms with Crippen molar-refractivity contribution < 1.29 is 14.1 Å². The molecule has 0 aliphatic carbocycles. The number of urea groups is 1. The van der Waals surface area contributed by atoms with Gasteiger partial charge in [0.25, 0.3) is 0 Å². The van der Waals surface area contributed by atoms with Crippen molar-refractivity contribution in [1.29, 1.82) is 0 Å². The topological polar surface area (TPSA) is 96.3 Å². The largest absolute Gasteiger partial charge is 0.359 e. The van der Waals surface area contributed by atoms with E-state index in [0.717, 1.165) is 5.69 Å². The molecule has 0 aliphatic rings. The van der Waals surface area contributed by atoms with Crippen LogP contribution in [0.15, 0.2) is 40.9 Å². The number of amides is 3. The molecular weight excluding hydrogens is 308 g/mol. The molecule has 0 aliphatic heterocycles. The minimum Gasteiger partial charge on any atom is -0.359 e. The van der Waals surface area contributed by atoms with Crippen molar-refractivity contribution in [1.82, 2.24) is 10.5 Å². The molecule has 0 spiro atoms. The quantitative estimate of drug-likeness (QED) is 0.785. The Morgan fingerprint density at radius 3 is 2.46 bits per heavy atom. The maximum Gasteiger partial charge on any atom is 0.320 e. The third-order valence-electron chi connectivity index (χ3n) is 3.19. The number of nitrogens with zero attached hydrogens (tertiary/aromatic N) is 1. The monoisotopic (exact) mass is 330 g/mol. The van der Waals surface area contributed by atoms with Crippen molar-refractivity contribution in [2.24, 2.45) is 0 Å². The van der Waals surface area contributed by atoms with Crippen LogP contribution in [0.2, 0.25) is 0 Å². The van der Waals surface area contributed by atoms with Gasteiger partial charge >= 0.3 is 6.03 Å². The van der Waals surface area contributed by atoms with E-state index in [1.54, 1.807) is 18.2 Å². The van der Waals surface area contributed by atoms with E-state index >= 15 is 0 Å². The van der Waals surface area contributed by atoms with E-state index in [1.807, 2.05) is 39.0 Å². The standard InChI is InChI=1S/C17H22N4O3/c1-17(2,3)13-11-14(21-24-13)20-16(23)18-10-9-15(22)19-12-7-5-4-6-8-12/h4-8,11H,9-10H2,1-3H3,(H,19,22)(H2,18,20,21,23). The van der Waals surface area contributed by atoms with Crippen molar-refractivity contribution in [3.05, 3.63) is 42.2 Å². The molecule has 2 rings (SSSR count). The number of benzene rings is 1. The van der Waals surface area contributed by atoms with Crippen LogP contribution in [-0.2, 0) is 10.2 Å². The van der Waals surface area contributed by atoms with E-state index in [4.69, 9.17) is 4.52 Å². The molecule has 128 valence electrons. The van der Waals surface area contributed by atoms with E-state index < -0.39 is 6.03 Å². The fourth-order valence-electron chi connectivity index (χ4n) is 1.88. The first kappa shape index (κ1) is 17.5. The zero-order valence-corrected chi connectivity index (χ0v) is 14.1. The van der Waals surface area contributed by atoms with Gasteiger partial charge in [0.2, 0.25) is 5.91 Å². The SMILES string of the molecule is CC(C)(C)c1cc(NC(=O)NCCC(=O)Nc2ccccc2)no1. The lowest BCUT2D eigenvalue weighted by atomic mass is 9.93. The lowest BCUT2D eigenvalue weighted by molar-refractivity contribution is -0.116. The Kier molecular flexibility index (Phi) is 5.57. The number of carbonyl (C=O) groups is 2. The Labute approximate surface area is 140 Å². The normalized spacial score (nSPS) is 11.0. The first-order valence-corrected chi connectivity index (χ1v) is 7.71. The van der Waals surface area contributed by atoms with Crippen molar-refractivity contribution >= 4 is 23.4 Å². The minimum absolute atomic E-state index is 0.169. The Morgan fingerprint density at radius 2 is 1.83 bits per heavy atom. The van der Waals surface area contributed by atoms with Crippen LogP contribution < -0.4 is 16.0 Å². The molecule has 3 amide bonds. The van der Waals surface area contributed by atoms with Gasteiger partial charge in [0.1, 0.15) is 5.76 Å². The molecule has 0 saturated heterocycles. The molecule has 0 radical (unpaired) electrons. The van der Waals surface area contributed by atoms with Crippen molar-refractivity contribution in [3.63, 3.8) is 0 Å². The molecule has 24 heavy (non-hydrogen) atoms. The number of hydrogen-bond donors (Lipinski definition) is 3. The molecule has 1 aromatic carbocycles. The van der Waals surface area contributed by atoms with Gasteiger partial charge in [-0.3, -0.25) is 10.1 Å². The van der Waals surface area contributed by atoms with E-state index in [2.05, 4.69) is 21.1 Å². The highest BCUT2D eigenvalue weighted by Gasteiger charge is 2.20. The summed E-state index contributed by atoms with van der Waals surface area (Å²) >= 11 is 0. The first-order chi connectivity index (χ1) is 11.3. The van der Waals surface area contributed by atoms with Gasteiger partial charge in [-0.15, -0.1) is 0 Å². The molecule has 2 aromatic rings. The number of carbonyl (C=O) groups excluding carboxylic acids is 2. The fourth-order valence-corrected chi connectivity index (χ4v) is 1.88. The summed E-state index contributed by atoms with van der Waals surface area (Å²) in [7, 11) is 0. The highest BCUT2D eigenvalue weighted by Crippen LogP contribution is 2.24. The average molecular weight is 330 g/mol. The number of hydrogen-bond acceptors (Lipinski definition) is 4. The highest BCUT2D eigenvalue weighted by atomic mass is 16.5. The smallest absolute Gasteiger partial charge is 0.320 e. The van der Waals surface area contributed by atoms with Gasteiger partial charge in [-0.1, -0.05) is 44.1 Å². The molecule has 0 saturated carbocycles. The second-order valence-corrected chi connectivity index (χ2v) is 6.37. The molecule has 0 atom stereocenters. The Hall–Kier alpha value is -2.83. The van der Waals surface area contributed by atoms with Crippen LogP contribution in [0, 0.1) is 0 Å². The Bertz CT molecular complexity index is 689. The van der Waals surface area contributed by atoms with Crippen LogP contribution in [0.4, 0.5) is 16.3 Å². The summed E-state index contributed by atoms with van der Waals surface area (Å²) in [5, 5.41) is 11.7. The number of aromatic nitrogens is 1. The molecule has 7 heteroatoms. The van der Waals surface area contributed by atoms with Gasteiger partial charge in [-0.05, 0) is 12.1 Å². The van der Waals surface area contributed by atoms with Gasteiger partial charge in [-0.2, -0.15) is 0 Å². The number of para-hydroxylation sites is 1. The first-order valence-electron chi connectivity index (χ1n) is 7.71. The average Bonchev–Trinajstić information content (AvgIpc) is 2.97. The summed E-state index contributed by atoms with van der Waals surface area (Å²) in [6.45, 7) is 6.18. The zero-order valence-electron chi connectivity index (χ0n) is 14.1. The molecule has 0 unspecified atom stereocenters. The summed E-state index contributed by atoms with van der Waals surface area (Å²) in [6.07, 6.45) is 0.175. The van der Waals surface area contributed by atoms with Gasteiger partial charge < -0.3 is 15.2 Å². The zero-order chi connectivity index (χ0) is 17.6. The molecule has 7 nitrogen and oxygen atoms in total. The summed E-state index contributed by atoms with van der Waals surface area (Å²) in [6, 6.07) is 10.4. The summed E-state index contributed by atoms with van der Waals surface area (Å²) < 4.78 is 5.18. The van der Waals surface area contributed by atoms with Crippen LogP contribution in [0.5, 0.6) is 0 Å². The number of rotatable bonds is 5. The Morgan fingerprint density at radius 1 is 1.12 bits per heavy atom. The van der Waals surface area contributed by atoms with Crippen LogP contribution in [0.1, 0.15) is 33.0 Å². The molecule has 3 N–H and O–H groups in total. The maximum absolute atomic E-state index is 11.8. The molecule has 1 aromatic heterocycles. The van der Waals surface area contributed by atoms with Gasteiger partial charge in [0.15, 0.2) is 5.82 Å². The summed E-state index contributed by atoms with van der Waals surface area (Å²) in [5.74, 6) is 0.851. The van der Waals surface area contributed by atoms with Crippen molar-refractivity contribution in [2.45, 2.75) is 32.6 Å². The minimum atomic E-state index is -0.434. The number of anilines is 2. The third kappa shape index (κ3) is 5.42. The third-order valence-corrected chi connectivity index (χ3v) is 3.19. The molecular formula is C17H22N4O3. The molecule has 0 fully saturated rings. The maximum atomic E-state index is 11.8. The highest BCUT2D eigenvalue weighted by molar-refractivity contribution is 5.92. The van der Waals surface area contributed by atoms with Gasteiger partial charge in [0, 0.05) is 30.1 Å². The summed E-state index contributed by atoms with van der Waals surface area (Å²) in [4.78, 5) is 23.5. The lowest BCUT2D eigenvalue weighted by Crippen LogP contribution is -2.31. The van der Waals surface area contributed by atoms with E-state index in [1.165, 1.54) is 0 Å². The van der Waals surface area contributed by atoms with Crippen LogP contribution in [0.3, 0.4) is 0 Å². The van der Waals surface area contributed by atoms with E-state index in [9.17, 15) is 9.59 Å². The van der Waals surface area contributed by atoms with Crippen LogP contribution >= 0.6 is 0 Å². The molecule has 1 heterocycles. The van der Waals surface area contributed by atoms with Crippen molar-refractivity contribution in [2.75, 3.05) is 17.2 Å². The van der Waals surface area contributed by atoms with Crippen LogP contribution in [0.25, 0.3) is 0 Å². The van der Waals surface area contributed by atoms with E-state index in [0.29, 0.717) is 11.6 Å². The van der Waals surface area contributed by atoms with Gasteiger partial charge in [0.05, 0.1) is 0 Å². The second-order valence-electron chi connectivity index (χ2n) is 6.37. The van der Waals surface area contributed by atoms with E-state index in [-0.39, 0.29) is 24.3 Å². The molecule has 0 bridgehead atoms. The lowest BCUT2D eigenvalue weighted by Gasteiger charge is -2.12. The predicted octanol–water partition coefficient (Wildman–Crippen LogP) is 3.12. The second kappa shape index (κ2) is 7.63. The summed E-state index contributed by atoms with van der Waals surface area (Å²) in [5.41, 5.74) is 0.545. The van der Waals surface area contributed by atoms with Crippen LogP contribution in [-0.4, -0.2) is 23.6 Å². The predicted molar refractivity (Wildman–Crippen MR) is 91.9 cm³/mol. The Balaban J connectivity index is 1.71. The van der Waals surface area contributed by atoms with Gasteiger partial charge in [-0.25, -0.2) is 4.79 Å². The number of nitrogens with one attached hydrogen (secondary N) is 3.